The van der Waals surface area contributed by atoms with E-state index in [1.165, 1.54) is 25.7 Å². The third kappa shape index (κ3) is 6.08. The van der Waals surface area contributed by atoms with Crippen molar-refractivity contribution in [1.29, 1.82) is 5.41 Å². The van der Waals surface area contributed by atoms with Crippen LogP contribution in [0.1, 0.15) is 50.2 Å². The fourth-order valence-electron chi connectivity index (χ4n) is 1.82. The van der Waals surface area contributed by atoms with Gasteiger partial charge >= 0.3 is 0 Å². The van der Waals surface area contributed by atoms with Gasteiger partial charge in [0.1, 0.15) is 5.84 Å². The second-order valence-electron chi connectivity index (χ2n) is 4.69. The van der Waals surface area contributed by atoms with Gasteiger partial charge in [0.05, 0.1) is 6.61 Å². The zero-order chi connectivity index (χ0) is 14.1. The van der Waals surface area contributed by atoms with Gasteiger partial charge in [-0.05, 0) is 18.1 Å². The zero-order valence-corrected chi connectivity index (χ0v) is 12.3. The second-order valence-corrected chi connectivity index (χ2v) is 5.09. The van der Waals surface area contributed by atoms with E-state index in [0.717, 1.165) is 18.6 Å². The maximum absolute atomic E-state index is 7.34. The second kappa shape index (κ2) is 8.94. The Morgan fingerprint density at radius 3 is 2.63 bits per heavy atom. The lowest BCUT2D eigenvalue weighted by Gasteiger charge is -2.08. The lowest BCUT2D eigenvalue weighted by atomic mass is 10.1. The summed E-state index contributed by atoms with van der Waals surface area (Å²) in [6.07, 6.45) is 6.18. The predicted octanol–water partition coefficient (Wildman–Crippen LogP) is 4.11. The van der Waals surface area contributed by atoms with Gasteiger partial charge in [-0.15, -0.1) is 0 Å². The summed E-state index contributed by atoms with van der Waals surface area (Å²) in [4.78, 5) is 0. The van der Waals surface area contributed by atoms with Gasteiger partial charge in [-0.2, -0.15) is 0 Å². The molecule has 0 bridgehead atoms. The van der Waals surface area contributed by atoms with E-state index >= 15 is 0 Å². The minimum atomic E-state index is 0.0327. The Morgan fingerprint density at radius 1 is 1.26 bits per heavy atom. The van der Waals surface area contributed by atoms with Crippen LogP contribution in [0.3, 0.4) is 0 Å². The molecule has 0 amide bonds. The van der Waals surface area contributed by atoms with Crippen LogP contribution in [0.15, 0.2) is 18.2 Å². The molecule has 1 aromatic rings. The molecule has 1 aromatic carbocycles. The highest BCUT2D eigenvalue weighted by molar-refractivity contribution is 6.31. The van der Waals surface area contributed by atoms with Crippen LogP contribution in [-0.4, -0.2) is 12.4 Å². The van der Waals surface area contributed by atoms with E-state index in [9.17, 15) is 0 Å². The van der Waals surface area contributed by atoms with Crippen LogP contribution in [0.5, 0.6) is 0 Å². The number of benzene rings is 1. The number of hydrogen-bond donors (Lipinski definition) is 2. The molecule has 0 saturated heterocycles. The van der Waals surface area contributed by atoms with Crippen LogP contribution in [0.4, 0.5) is 0 Å². The van der Waals surface area contributed by atoms with E-state index in [1.54, 1.807) is 12.1 Å². The molecule has 0 aliphatic rings. The van der Waals surface area contributed by atoms with Crippen molar-refractivity contribution < 1.29 is 4.74 Å². The highest BCUT2D eigenvalue weighted by Crippen LogP contribution is 2.18. The molecule has 1 rings (SSSR count). The number of ether oxygens (including phenoxy) is 1. The lowest BCUT2D eigenvalue weighted by Crippen LogP contribution is -2.11. The number of unbranched alkanes of at least 4 members (excludes halogenated alkanes) is 4. The van der Waals surface area contributed by atoms with E-state index in [-0.39, 0.29) is 5.84 Å². The first kappa shape index (κ1) is 16.0. The minimum absolute atomic E-state index is 0.0327. The van der Waals surface area contributed by atoms with Crippen molar-refractivity contribution in [2.24, 2.45) is 5.73 Å². The molecule has 0 aliphatic carbocycles. The van der Waals surface area contributed by atoms with Gasteiger partial charge in [-0.1, -0.05) is 56.3 Å². The maximum Gasteiger partial charge on any atom is 0.122 e. The summed E-state index contributed by atoms with van der Waals surface area (Å²) < 4.78 is 5.61. The molecule has 0 aliphatic heterocycles. The smallest absolute Gasteiger partial charge is 0.122 e. The van der Waals surface area contributed by atoms with Crippen LogP contribution >= 0.6 is 11.6 Å². The molecule has 0 atom stereocenters. The Kier molecular flexibility index (Phi) is 7.53. The highest BCUT2D eigenvalue weighted by Gasteiger charge is 2.04. The van der Waals surface area contributed by atoms with Gasteiger partial charge in [-0.3, -0.25) is 5.41 Å². The normalized spacial score (nSPS) is 10.6. The molecule has 0 unspecified atom stereocenters. The van der Waals surface area contributed by atoms with Crippen LogP contribution in [-0.2, 0) is 11.3 Å². The molecular weight excluding hydrogens is 260 g/mol. The Labute approximate surface area is 120 Å². The lowest BCUT2D eigenvalue weighted by molar-refractivity contribution is 0.117. The Morgan fingerprint density at radius 2 is 2.00 bits per heavy atom. The van der Waals surface area contributed by atoms with Gasteiger partial charge < -0.3 is 10.5 Å². The zero-order valence-electron chi connectivity index (χ0n) is 11.5. The van der Waals surface area contributed by atoms with E-state index in [2.05, 4.69) is 6.92 Å². The summed E-state index contributed by atoms with van der Waals surface area (Å²) in [5, 5.41) is 7.95. The van der Waals surface area contributed by atoms with Crippen molar-refractivity contribution in [1.82, 2.24) is 0 Å². The summed E-state index contributed by atoms with van der Waals surface area (Å²) in [7, 11) is 0. The summed E-state index contributed by atoms with van der Waals surface area (Å²) in [6, 6.07) is 5.38. The molecule has 0 fully saturated rings. The van der Waals surface area contributed by atoms with Crippen molar-refractivity contribution in [2.45, 2.75) is 45.6 Å². The topological polar surface area (TPSA) is 59.1 Å². The molecule has 0 spiro atoms. The molecule has 4 heteroatoms. The minimum Gasteiger partial charge on any atom is -0.384 e. The molecule has 3 nitrogen and oxygen atoms in total. The average Bonchev–Trinajstić information content (AvgIpc) is 2.39. The van der Waals surface area contributed by atoms with Crippen molar-refractivity contribution in [3.05, 3.63) is 34.3 Å². The van der Waals surface area contributed by atoms with Crippen LogP contribution < -0.4 is 5.73 Å². The highest BCUT2D eigenvalue weighted by atomic mass is 35.5. The van der Waals surface area contributed by atoms with Crippen molar-refractivity contribution in [2.75, 3.05) is 6.61 Å². The molecule has 0 radical (unpaired) electrons. The number of halogens is 1. The molecule has 106 valence electrons. The first-order valence-corrected chi connectivity index (χ1v) is 7.23. The molecule has 0 heterocycles. The van der Waals surface area contributed by atoms with Crippen LogP contribution in [0.2, 0.25) is 5.02 Å². The van der Waals surface area contributed by atoms with Gasteiger partial charge in [0, 0.05) is 17.2 Å². The third-order valence-corrected chi connectivity index (χ3v) is 3.37. The number of hydrogen-bond acceptors (Lipinski definition) is 2. The van der Waals surface area contributed by atoms with E-state index in [1.807, 2.05) is 6.07 Å². The van der Waals surface area contributed by atoms with E-state index < -0.39 is 0 Å². The summed E-state index contributed by atoms with van der Waals surface area (Å²) in [5.41, 5.74) is 7.00. The quantitative estimate of drug-likeness (QED) is 0.407. The van der Waals surface area contributed by atoms with Crippen molar-refractivity contribution >= 4 is 17.4 Å². The fraction of sp³-hybridized carbons (Fsp3) is 0.533. The standard InChI is InChI=1S/C15H23ClN2O/c1-2-3-4-5-6-9-19-11-13-8-7-12(15(17)18)10-14(13)16/h7-8,10H,2-6,9,11H2,1H3,(H3,17,18). The first-order chi connectivity index (χ1) is 9.15. The van der Waals surface area contributed by atoms with Crippen molar-refractivity contribution in [3.63, 3.8) is 0 Å². The Bertz CT molecular complexity index is 407. The maximum atomic E-state index is 7.34. The number of nitrogens with two attached hydrogens (primary N) is 1. The Balaban J connectivity index is 2.28. The Hall–Kier alpha value is -1.06. The third-order valence-electron chi connectivity index (χ3n) is 3.01. The number of nitrogens with one attached hydrogen (secondary N) is 1. The number of amidine groups is 1. The van der Waals surface area contributed by atoms with E-state index in [4.69, 9.17) is 27.5 Å². The molecular formula is C15H23ClN2O. The first-order valence-electron chi connectivity index (χ1n) is 6.85. The number of nitrogen functional groups attached to an aromatic ring is 1. The van der Waals surface area contributed by atoms with Gasteiger partial charge in [0.25, 0.3) is 0 Å². The van der Waals surface area contributed by atoms with Gasteiger partial charge in [0.2, 0.25) is 0 Å². The van der Waals surface area contributed by atoms with Crippen LogP contribution in [0.25, 0.3) is 0 Å². The monoisotopic (exact) mass is 282 g/mol. The summed E-state index contributed by atoms with van der Waals surface area (Å²) in [6.45, 7) is 3.50. The van der Waals surface area contributed by atoms with E-state index in [0.29, 0.717) is 17.2 Å². The predicted molar refractivity (Wildman–Crippen MR) is 80.9 cm³/mol. The largest absolute Gasteiger partial charge is 0.384 e. The molecule has 3 N–H and O–H groups in total. The van der Waals surface area contributed by atoms with Crippen LogP contribution in [0, 0.1) is 5.41 Å². The van der Waals surface area contributed by atoms with Gasteiger partial charge in [-0.25, -0.2) is 0 Å². The fourth-order valence-corrected chi connectivity index (χ4v) is 2.06. The molecule has 0 saturated carbocycles. The molecule has 19 heavy (non-hydrogen) atoms. The number of rotatable bonds is 9. The molecule has 0 aromatic heterocycles. The van der Waals surface area contributed by atoms with Crippen molar-refractivity contribution in [3.8, 4) is 0 Å². The summed E-state index contributed by atoms with van der Waals surface area (Å²) >= 11 is 6.12. The summed E-state index contributed by atoms with van der Waals surface area (Å²) in [5.74, 6) is 0.0327. The van der Waals surface area contributed by atoms with Gasteiger partial charge in [0.15, 0.2) is 0 Å². The average molecular weight is 283 g/mol. The SMILES string of the molecule is CCCCCCCOCc1ccc(C(=N)N)cc1Cl.